The molecule has 0 aliphatic rings. The van der Waals surface area contributed by atoms with Crippen LogP contribution in [0.15, 0.2) is 54.6 Å². The molecule has 106 valence electrons. The van der Waals surface area contributed by atoms with Crippen LogP contribution in [-0.2, 0) is 6.61 Å². The van der Waals surface area contributed by atoms with Gasteiger partial charge in [-0.1, -0.05) is 56.3 Å². The van der Waals surface area contributed by atoms with Crippen molar-refractivity contribution in [2.45, 2.75) is 38.9 Å². The molecule has 0 spiro atoms. The van der Waals surface area contributed by atoms with Gasteiger partial charge in [0.05, 0.1) is 6.10 Å². The van der Waals surface area contributed by atoms with Crippen molar-refractivity contribution in [2.24, 2.45) is 0 Å². The van der Waals surface area contributed by atoms with Crippen LogP contribution in [0.4, 0.5) is 0 Å². The summed E-state index contributed by atoms with van der Waals surface area (Å²) in [5, 5.41) is 9.87. The Morgan fingerprint density at radius 3 is 2.25 bits per heavy atom. The molecule has 2 rings (SSSR count). The Morgan fingerprint density at radius 1 is 1.00 bits per heavy atom. The molecule has 2 aromatic carbocycles. The molecule has 0 amide bonds. The van der Waals surface area contributed by atoms with Crippen LogP contribution < -0.4 is 4.74 Å². The quantitative estimate of drug-likeness (QED) is 0.854. The standard InChI is InChI=1S/C18H22O2/c1-3-18(19)14(2)16-9-11-17(12-10-16)20-13-15-7-5-4-6-8-15/h4-12,14,18-19H,3,13H2,1-2H3. The lowest BCUT2D eigenvalue weighted by molar-refractivity contribution is 0.145. The summed E-state index contributed by atoms with van der Waals surface area (Å²) in [5.41, 5.74) is 2.30. The van der Waals surface area contributed by atoms with Crippen LogP contribution in [0.1, 0.15) is 37.3 Å². The predicted molar refractivity (Wildman–Crippen MR) is 81.9 cm³/mol. The molecule has 2 unspecified atom stereocenters. The van der Waals surface area contributed by atoms with Gasteiger partial charge in [0.25, 0.3) is 0 Å². The maximum Gasteiger partial charge on any atom is 0.119 e. The molecule has 0 radical (unpaired) electrons. The maximum atomic E-state index is 9.87. The summed E-state index contributed by atoms with van der Waals surface area (Å²) >= 11 is 0. The zero-order chi connectivity index (χ0) is 14.4. The van der Waals surface area contributed by atoms with E-state index in [1.54, 1.807) is 0 Å². The van der Waals surface area contributed by atoms with Gasteiger partial charge in [0, 0.05) is 5.92 Å². The van der Waals surface area contributed by atoms with Crippen LogP contribution in [0, 0.1) is 0 Å². The molecular weight excluding hydrogens is 248 g/mol. The molecule has 20 heavy (non-hydrogen) atoms. The van der Waals surface area contributed by atoms with Crippen molar-refractivity contribution in [1.29, 1.82) is 0 Å². The van der Waals surface area contributed by atoms with Crippen LogP contribution in [0.25, 0.3) is 0 Å². The van der Waals surface area contributed by atoms with Gasteiger partial charge in [-0.05, 0) is 29.7 Å². The number of aliphatic hydroxyl groups excluding tert-OH is 1. The molecule has 0 aliphatic carbocycles. The highest BCUT2D eigenvalue weighted by Gasteiger charge is 2.13. The Hall–Kier alpha value is -1.80. The van der Waals surface area contributed by atoms with E-state index in [1.807, 2.05) is 68.4 Å². The van der Waals surface area contributed by atoms with E-state index in [1.165, 1.54) is 0 Å². The second kappa shape index (κ2) is 7.11. The molecular formula is C18H22O2. The Bertz CT molecular complexity index is 505. The number of ether oxygens (including phenoxy) is 1. The first-order valence-electron chi connectivity index (χ1n) is 7.15. The molecule has 2 nitrogen and oxygen atoms in total. The normalized spacial score (nSPS) is 13.8. The molecule has 0 fully saturated rings. The molecule has 1 N–H and O–H groups in total. The summed E-state index contributed by atoms with van der Waals surface area (Å²) in [6.07, 6.45) is 0.485. The van der Waals surface area contributed by atoms with Crippen LogP contribution in [-0.4, -0.2) is 11.2 Å². The van der Waals surface area contributed by atoms with E-state index < -0.39 is 0 Å². The van der Waals surface area contributed by atoms with Crippen molar-refractivity contribution in [3.8, 4) is 5.75 Å². The minimum atomic E-state index is -0.286. The average Bonchev–Trinajstić information content (AvgIpc) is 2.53. The fraction of sp³-hybridized carbons (Fsp3) is 0.333. The molecule has 2 heteroatoms. The fourth-order valence-electron chi connectivity index (χ4n) is 2.18. The molecule has 2 aromatic rings. The maximum absolute atomic E-state index is 9.87. The first-order chi connectivity index (χ1) is 9.70. The fourth-order valence-corrected chi connectivity index (χ4v) is 2.18. The van der Waals surface area contributed by atoms with Crippen LogP contribution in [0.2, 0.25) is 0 Å². The lowest BCUT2D eigenvalue weighted by Gasteiger charge is -2.18. The molecule has 2 atom stereocenters. The van der Waals surface area contributed by atoms with E-state index in [-0.39, 0.29) is 12.0 Å². The highest BCUT2D eigenvalue weighted by Crippen LogP contribution is 2.23. The van der Waals surface area contributed by atoms with Gasteiger partial charge in [0.1, 0.15) is 12.4 Å². The third-order valence-corrected chi connectivity index (χ3v) is 3.65. The number of aliphatic hydroxyl groups is 1. The van der Waals surface area contributed by atoms with Crippen molar-refractivity contribution >= 4 is 0 Å². The van der Waals surface area contributed by atoms with Crippen molar-refractivity contribution in [1.82, 2.24) is 0 Å². The van der Waals surface area contributed by atoms with Crippen LogP contribution in [0.5, 0.6) is 5.75 Å². The van der Waals surface area contributed by atoms with E-state index in [0.717, 1.165) is 23.3 Å². The summed E-state index contributed by atoms with van der Waals surface area (Å²) in [4.78, 5) is 0. The number of rotatable bonds is 6. The molecule has 0 heterocycles. The van der Waals surface area contributed by atoms with Gasteiger partial charge in [-0.2, -0.15) is 0 Å². The van der Waals surface area contributed by atoms with Crippen LogP contribution >= 0.6 is 0 Å². The monoisotopic (exact) mass is 270 g/mol. The summed E-state index contributed by atoms with van der Waals surface area (Å²) in [5.74, 6) is 1.01. The Balaban J connectivity index is 1.95. The van der Waals surface area contributed by atoms with E-state index >= 15 is 0 Å². The predicted octanol–water partition coefficient (Wildman–Crippen LogP) is 4.14. The highest BCUT2D eigenvalue weighted by atomic mass is 16.5. The molecule has 0 aromatic heterocycles. The first-order valence-corrected chi connectivity index (χ1v) is 7.15. The van der Waals surface area contributed by atoms with Gasteiger partial charge < -0.3 is 9.84 Å². The molecule has 0 aliphatic heterocycles. The van der Waals surface area contributed by atoms with E-state index in [9.17, 15) is 5.11 Å². The second-order valence-electron chi connectivity index (χ2n) is 5.11. The third-order valence-electron chi connectivity index (χ3n) is 3.65. The lowest BCUT2D eigenvalue weighted by Crippen LogP contribution is -2.14. The van der Waals surface area contributed by atoms with Gasteiger partial charge in [0.15, 0.2) is 0 Å². The summed E-state index contributed by atoms with van der Waals surface area (Å²) in [6, 6.07) is 18.1. The van der Waals surface area contributed by atoms with E-state index in [2.05, 4.69) is 0 Å². The largest absolute Gasteiger partial charge is 0.489 e. The Labute approximate surface area is 121 Å². The van der Waals surface area contributed by atoms with Gasteiger partial charge >= 0.3 is 0 Å². The van der Waals surface area contributed by atoms with E-state index in [4.69, 9.17) is 4.74 Å². The minimum Gasteiger partial charge on any atom is -0.489 e. The topological polar surface area (TPSA) is 29.5 Å². The SMILES string of the molecule is CCC(O)C(C)c1ccc(OCc2ccccc2)cc1. The lowest BCUT2D eigenvalue weighted by atomic mass is 9.94. The van der Waals surface area contributed by atoms with E-state index in [0.29, 0.717) is 6.61 Å². The third kappa shape index (κ3) is 3.84. The zero-order valence-electron chi connectivity index (χ0n) is 12.1. The van der Waals surface area contributed by atoms with Gasteiger partial charge in [0.2, 0.25) is 0 Å². The smallest absolute Gasteiger partial charge is 0.119 e. The van der Waals surface area contributed by atoms with Gasteiger partial charge in [-0.15, -0.1) is 0 Å². The number of benzene rings is 2. The Kier molecular flexibility index (Phi) is 5.19. The highest BCUT2D eigenvalue weighted by molar-refractivity contribution is 5.30. The molecule has 0 saturated carbocycles. The summed E-state index contributed by atoms with van der Waals surface area (Å²) < 4.78 is 5.75. The second-order valence-corrected chi connectivity index (χ2v) is 5.11. The zero-order valence-corrected chi connectivity index (χ0v) is 12.1. The average molecular weight is 270 g/mol. The van der Waals surface area contributed by atoms with Crippen LogP contribution in [0.3, 0.4) is 0 Å². The first kappa shape index (κ1) is 14.6. The van der Waals surface area contributed by atoms with Crippen molar-refractivity contribution in [3.63, 3.8) is 0 Å². The van der Waals surface area contributed by atoms with Gasteiger partial charge in [-0.25, -0.2) is 0 Å². The number of hydrogen-bond acceptors (Lipinski definition) is 2. The van der Waals surface area contributed by atoms with Gasteiger partial charge in [-0.3, -0.25) is 0 Å². The summed E-state index contributed by atoms with van der Waals surface area (Å²) in [6.45, 7) is 4.62. The van der Waals surface area contributed by atoms with Crippen molar-refractivity contribution < 1.29 is 9.84 Å². The van der Waals surface area contributed by atoms with Crippen molar-refractivity contribution in [3.05, 3.63) is 65.7 Å². The molecule has 0 bridgehead atoms. The molecule has 0 saturated heterocycles. The van der Waals surface area contributed by atoms with Crippen molar-refractivity contribution in [2.75, 3.05) is 0 Å². The Morgan fingerprint density at radius 2 is 1.65 bits per heavy atom. The number of hydrogen-bond donors (Lipinski definition) is 1. The minimum absolute atomic E-state index is 0.156. The summed E-state index contributed by atoms with van der Waals surface area (Å²) in [7, 11) is 0.